The standard InChI is InChI=1S/Ce.3K.3H. The third kappa shape index (κ3) is 11.1. The van der Waals surface area contributed by atoms with E-state index in [2.05, 4.69) is 0 Å². The van der Waals surface area contributed by atoms with E-state index in [0.717, 1.165) is 0 Å². The van der Waals surface area contributed by atoms with Crippen LogP contribution in [-0.2, 0) is 0 Å². The molecular formula is H3CeK3. The Hall–Kier alpha value is 6.29. The second kappa shape index (κ2) is 16.1. The SMILES string of the molecule is [Ce].[KH].[KH].[KH]. The van der Waals surface area contributed by atoms with Gasteiger partial charge in [-0.25, -0.2) is 0 Å². The Balaban J connectivity index is 0. The van der Waals surface area contributed by atoms with E-state index in [0.29, 0.717) is 0 Å². The summed E-state index contributed by atoms with van der Waals surface area (Å²) in [5, 5.41) is 0. The normalized spacial score (nSPS) is 0. The summed E-state index contributed by atoms with van der Waals surface area (Å²) in [6, 6.07) is 0. The second-order valence-corrected chi connectivity index (χ2v) is 0. The molecule has 0 unspecified atom stereocenters. The van der Waals surface area contributed by atoms with Gasteiger partial charge in [-0.1, -0.05) is 0 Å². The predicted octanol–water partition coefficient (Wildman–Crippen LogP) is -1.95. The minimum atomic E-state index is 0. The molecule has 0 N–H and O–H groups in total. The van der Waals surface area contributed by atoms with Gasteiger partial charge in [0.25, 0.3) is 0 Å². The Kier molecular flexibility index (Phi) is 90.5. The first-order valence-electron chi connectivity index (χ1n) is 0. The number of hydrogen-bond donors (Lipinski definition) is 0. The van der Waals surface area contributed by atoms with Crippen LogP contribution in [0.1, 0.15) is 0 Å². The van der Waals surface area contributed by atoms with Crippen molar-refractivity contribution < 1.29 is 41.7 Å². The van der Waals surface area contributed by atoms with Gasteiger partial charge < -0.3 is 0 Å². The molecule has 0 saturated heterocycles. The van der Waals surface area contributed by atoms with Crippen molar-refractivity contribution >= 4 is 154 Å². The first-order chi connectivity index (χ1) is 0. The number of hydrogen-bond acceptors (Lipinski definition) is 0. The van der Waals surface area contributed by atoms with Gasteiger partial charge in [0.15, 0.2) is 0 Å². The van der Waals surface area contributed by atoms with E-state index in [1.54, 1.807) is 0 Å². The summed E-state index contributed by atoms with van der Waals surface area (Å²) in [6.07, 6.45) is 0. The zero-order valence-corrected chi connectivity index (χ0v) is 3.64. The molecule has 0 aromatic carbocycles. The monoisotopic (exact) mass is 260 g/mol. The van der Waals surface area contributed by atoms with Gasteiger partial charge in [-0.15, -0.1) is 0 Å². The van der Waals surface area contributed by atoms with Crippen LogP contribution in [0, 0.1) is 41.7 Å². The Morgan fingerprint density at radius 1 is 0.500 bits per heavy atom. The van der Waals surface area contributed by atoms with Crippen molar-refractivity contribution in [2.24, 2.45) is 0 Å². The predicted molar refractivity (Wildman–Crippen MR) is 21.4 cm³/mol. The molecule has 0 bridgehead atoms. The van der Waals surface area contributed by atoms with Crippen LogP contribution in [-0.4, -0.2) is 154 Å². The van der Waals surface area contributed by atoms with Crippen molar-refractivity contribution in [2.45, 2.75) is 0 Å². The van der Waals surface area contributed by atoms with E-state index in [-0.39, 0.29) is 196 Å². The summed E-state index contributed by atoms with van der Waals surface area (Å²) in [5.41, 5.74) is 0. The minimum absolute atomic E-state index is 0. The van der Waals surface area contributed by atoms with Gasteiger partial charge in [0.05, 0.1) is 0 Å². The Morgan fingerprint density at radius 2 is 0.500 bits per heavy atom. The topological polar surface area (TPSA) is 0 Å². The fourth-order valence-electron chi connectivity index (χ4n) is 0. The van der Waals surface area contributed by atoms with E-state index in [9.17, 15) is 0 Å². The molecule has 0 aliphatic rings. The van der Waals surface area contributed by atoms with E-state index in [1.807, 2.05) is 0 Å². The summed E-state index contributed by atoms with van der Waals surface area (Å²) < 4.78 is 0. The zero-order valence-electron chi connectivity index (χ0n) is 0.500. The van der Waals surface area contributed by atoms with Gasteiger partial charge in [0.2, 0.25) is 0 Å². The molecule has 0 nitrogen and oxygen atoms in total. The Morgan fingerprint density at radius 3 is 0.500 bits per heavy atom. The van der Waals surface area contributed by atoms with Crippen molar-refractivity contribution in [1.29, 1.82) is 0 Å². The van der Waals surface area contributed by atoms with Crippen molar-refractivity contribution in [3.8, 4) is 0 Å². The van der Waals surface area contributed by atoms with E-state index in [4.69, 9.17) is 0 Å². The van der Waals surface area contributed by atoms with Crippen molar-refractivity contribution in [3.63, 3.8) is 0 Å². The van der Waals surface area contributed by atoms with Crippen molar-refractivity contribution in [1.82, 2.24) is 0 Å². The van der Waals surface area contributed by atoms with Crippen molar-refractivity contribution in [3.05, 3.63) is 0 Å². The Labute approximate surface area is 188 Å². The van der Waals surface area contributed by atoms with Gasteiger partial charge in [0, 0.05) is 41.7 Å². The van der Waals surface area contributed by atoms with Crippen LogP contribution < -0.4 is 0 Å². The Bertz CT molecular complexity index is 3.25. The fourth-order valence-corrected chi connectivity index (χ4v) is 0. The molecule has 0 fully saturated rings. The molecule has 0 aromatic heterocycles. The third-order valence-corrected chi connectivity index (χ3v) is 0. The van der Waals surface area contributed by atoms with Gasteiger partial charge in [-0.2, -0.15) is 0 Å². The molecule has 0 aromatic rings. The molecule has 4 heavy (non-hydrogen) atoms. The molecule has 0 aliphatic carbocycles. The van der Waals surface area contributed by atoms with Crippen LogP contribution in [0.3, 0.4) is 0 Å². The molecule has 0 saturated carbocycles. The van der Waals surface area contributed by atoms with Crippen LogP contribution in [0.25, 0.3) is 0 Å². The van der Waals surface area contributed by atoms with Crippen molar-refractivity contribution in [2.75, 3.05) is 0 Å². The molecule has 10 valence electrons. The third-order valence-electron chi connectivity index (χ3n) is 0. The van der Waals surface area contributed by atoms with E-state index in [1.165, 1.54) is 0 Å². The molecular weight excluding hydrogens is 257 g/mol. The molecule has 0 heterocycles. The average molecular weight is 260 g/mol. The summed E-state index contributed by atoms with van der Waals surface area (Å²) in [6.45, 7) is 0. The molecule has 0 spiro atoms. The number of rotatable bonds is 0. The molecule has 0 amide bonds. The van der Waals surface area contributed by atoms with Gasteiger partial charge in [0.1, 0.15) is 0 Å². The first-order valence-corrected chi connectivity index (χ1v) is 0. The van der Waals surface area contributed by atoms with Gasteiger partial charge in [-0.05, 0) is 0 Å². The quantitative estimate of drug-likeness (QED) is 0.445. The molecule has 4 heteroatoms. The average Bonchev–Trinajstić information content (AvgIpc) is 0. The molecule has 0 radical (unpaired) electrons. The van der Waals surface area contributed by atoms with Crippen LogP contribution >= 0.6 is 0 Å². The maximum absolute atomic E-state index is 0. The van der Waals surface area contributed by atoms with E-state index < -0.39 is 0 Å². The molecule has 0 aliphatic heterocycles. The molecule has 0 rings (SSSR count). The first kappa shape index (κ1) is 22.4. The maximum atomic E-state index is 0. The second-order valence-electron chi connectivity index (χ2n) is 0. The van der Waals surface area contributed by atoms with Crippen LogP contribution in [0.2, 0.25) is 0 Å². The van der Waals surface area contributed by atoms with E-state index >= 15 is 0 Å². The summed E-state index contributed by atoms with van der Waals surface area (Å²) >= 11 is 0. The fraction of sp³-hybridized carbons (Fsp3) is 0. The van der Waals surface area contributed by atoms with Gasteiger partial charge >= 0.3 is 154 Å². The zero-order chi connectivity index (χ0) is 0. The molecule has 0 atom stereocenters. The van der Waals surface area contributed by atoms with Crippen LogP contribution in [0.5, 0.6) is 0 Å². The summed E-state index contributed by atoms with van der Waals surface area (Å²) in [5.74, 6) is 0. The van der Waals surface area contributed by atoms with Crippen LogP contribution in [0.4, 0.5) is 0 Å². The van der Waals surface area contributed by atoms with Crippen LogP contribution in [0.15, 0.2) is 0 Å². The summed E-state index contributed by atoms with van der Waals surface area (Å²) in [7, 11) is 0. The van der Waals surface area contributed by atoms with Gasteiger partial charge in [-0.3, -0.25) is 0 Å². The summed E-state index contributed by atoms with van der Waals surface area (Å²) in [4.78, 5) is 0.